The Morgan fingerprint density at radius 1 is 1.08 bits per heavy atom. The van der Waals surface area contributed by atoms with Gasteiger partial charge in [-0.2, -0.15) is 0 Å². The zero-order chi connectivity index (χ0) is 17.7. The molecule has 2 rings (SSSR count). The fourth-order valence-electron chi connectivity index (χ4n) is 1.73. The summed E-state index contributed by atoms with van der Waals surface area (Å²) in [7, 11) is 0. The molecule has 0 heterocycles. The summed E-state index contributed by atoms with van der Waals surface area (Å²) in [5, 5.41) is 0.597. The molecular formula is C16H13BrCl2N2O3. The smallest absolute Gasteiger partial charge is 0.276 e. The lowest BCUT2D eigenvalue weighted by Crippen LogP contribution is -2.43. The molecule has 0 saturated heterocycles. The van der Waals surface area contributed by atoms with Crippen LogP contribution in [-0.4, -0.2) is 18.4 Å². The average Bonchev–Trinajstić information content (AvgIpc) is 2.56. The normalized spacial score (nSPS) is 10.2. The van der Waals surface area contributed by atoms with Crippen molar-refractivity contribution in [3.8, 4) is 5.75 Å². The Labute approximate surface area is 157 Å². The highest BCUT2D eigenvalue weighted by Gasteiger charge is 2.10. The lowest BCUT2D eigenvalue weighted by Gasteiger charge is -2.10. The van der Waals surface area contributed by atoms with Crippen LogP contribution in [0.3, 0.4) is 0 Å². The van der Waals surface area contributed by atoms with Crippen molar-refractivity contribution in [1.29, 1.82) is 0 Å². The van der Waals surface area contributed by atoms with E-state index in [9.17, 15) is 9.59 Å². The van der Waals surface area contributed by atoms with Crippen LogP contribution in [0.5, 0.6) is 5.75 Å². The maximum absolute atomic E-state index is 11.9. The van der Waals surface area contributed by atoms with Gasteiger partial charge in [-0.25, -0.2) is 0 Å². The third kappa shape index (κ3) is 5.12. The number of halogens is 3. The minimum atomic E-state index is -0.513. The fourth-order valence-corrected chi connectivity index (χ4v) is 2.27. The molecule has 5 nitrogen and oxygen atoms in total. The SMILES string of the molecule is Cc1cc(OCC(=O)NNC(=O)c2ccc(Cl)c(Cl)c2)ccc1Br. The van der Waals surface area contributed by atoms with E-state index in [1.165, 1.54) is 18.2 Å². The Bertz CT molecular complexity index is 784. The summed E-state index contributed by atoms with van der Waals surface area (Å²) in [6, 6.07) is 9.77. The van der Waals surface area contributed by atoms with Crippen LogP contribution in [-0.2, 0) is 4.79 Å². The molecule has 0 saturated carbocycles. The molecule has 0 aromatic heterocycles. The van der Waals surface area contributed by atoms with Crippen molar-refractivity contribution >= 4 is 50.9 Å². The van der Waals surface area contributed by atoms with Crippen molar-refractivity contribution in [2.75, 3.05) is 6.61 Å². The molecule has 0 spiro atoms. The number of aryl methyl sites for hydroxylation is 1. The minimum absolute atomic E-state index is 0.233. The standard InChI is InChI=1S/C16H13BrCl2N2O3/c1-9-6-11(3-4-12(9)17)24-8-15(22)20-21-16(23)10-2-5-13(18)14(19)7-10/h2-7H,8H2,1H3,(H,20,22)(H,21,23). The topological polar surface area (TPSA) is 67.4 Å². The monoisotopic (exact) mass is 430 g/mol. The number of carbonyl (C=O) groups is 2. The van der Waals surface area contributed by atoms with E-state index in [0.29, 0.717) is 10.8 Å². The molecule has 126 valence electrons. The van der Waals surface area contributed by atoms with Gasteiger partial charge in [-0.1, -0.05) is 39.1 Å². The van der Waals surface area contributed by atoms with E-state index < -0.39 is 11.8 Å². The van der Waals surface area contributed by atoms with E-state index in [1.54, 1.807) is 12.1 Å². The quantitative estimate of drug-likeness (QED) is 0.721. The molecule has 0 fully saturated rings. The molecule has 2 aromatic carbocycles. The molecule has 0 aliphatic carbocycles. The number of hydrazine groups is 1. The van der Waals surface area contributed by atoms with E-state index in [1.807, 2.05) is 13.0 Å². The van der Waals surface area contributed by atoms with E-state index in [4.69, 9.17) is 27.9 Å². The Balaban J connectivity index is 1.83. The van der Waals surface area contributed by atoms with Gasteiger partial charge in [-0.3, -0.25) is 20.4 Å². The van der Waals surface area contributed by atoms with Crippen LogP contribution in [0.1, 0.15) is 15.9 Å². The molecule has 2 aromatic rings. The number of hydrogen-bond donors (Lipinski definition) is 2. The van der Waals surface area contributed by atoms with Gasteiger partial charge in [-0.05, 0) is 48.9 Å². The fraction of sp³-hybridized carbons (Fsp3) is 0.125. The summed E-state index contributed by atoms with van der Waals surface area (Å²) >= 11 is 15.0. The summed E-state index contributed by atoms with van der Waals surface area (Å²) in [5.41, 5.74) is 5.80. The summed E-state index contributed by atoms with van der Waals surface area (Å²) in [4.78, 5) is 23.6. The summed E-state index contributed by atoms with van der Waals surface area (Å²) in [5.74, 6) is -0.452. The molecule has 0 unspecified atom stereocenters. The number of ether oxygens (including phenoxy) is 1. The number of amides is 2. The highest BCUT2D eigenvalue weighted by atomic mass is 79.9. The van der Waals surface area contributed by atoms with E-state index >= 15 is 0 Å². The van der Waals surface area contributed by atoms with E-state index in [0.717, 1.165) is 10.0 Å². The van der Waals surface area contributed by atoms with Gasteiger partial charge in [0.25, 0.3) is 11.8 Å². The lowest BCUT2D eigenvalue weighted by atomic mass is 10.2. The molecule has 0 aliphatic rings. The Morgan fingerprint density at radius 3 is 2.50 bits per heavy atom. The van der Waals surface area contributed by atoms with Crippen LogP contribution in [0.4, 0.5) is 0 Å². The predicted molar refractivity (Wildman–Crippen MR) is 96.4 cm³/mol. The van der Waals surface area contributed by atoms with E-state index in [-0.39, 0.29) is 17.2 Å². The third-order valence-electron chi connectivity index (χ3n) is 3.00. The van der Waals surface area contributed by atoms with Gasteiger partial charge in [-0.15, -0.1) is 0 Å². The molecule has 8 heteroatoms. The van der Waals surface area contributed by atoms with Gasteiger partial charge < -0.3 is 4.74 Å². The summed E-state index contributed by atoms with van der Waals surface area (Å²) < 4.78 is 6.31. The van der Waals surface area contributed by atoms with Crippen LogP contribution < -0.4 is 15.6 Å². The second-order valence-corrected chi connectivity index (χ2v) is 6.50. The molecular weight excluding hydrogens is 419 g/mol. The van der Waals surface area contributed by atoms with Crippen molar-refractivity contribution in [1.82, 2.24) is 10.9 Å². The predicted octanol–water partition coefficient (Wildman–Crippen LogP) is 3.90. The van der Waals surface area contributed by atoms with Crippen molar-refractivity contribution in [3.63, 3.8) is 0 Å². The Morgan fingerprint density at radius 2 is 1.83 bits per heavy atom. The van der Waals surface area contributed by atoms with Gasteiger partial charge in [0.2, 0.25) is 0 Å². The molecule has 2 N–H and O–H groups in total. The number of benzene rings is 2. The lowest BCUT2D eigenvalue weighted by molar-refractivity contribution is -0.123. The largest absolute Gasteiger partial charge is 0.484 e. The molecule has 0 aliphatic heterocycles. The van der Waals surface area contributed by atoms with Crippen LogP contribution >= 0.6 is 39.1 Å². The zero-order valence-electron chi connectivity index (χ0n) is 12.5. The number of hydrogen-bond acceptors (Lipinski definition) is 3. The first-order chi connectivity index (χ1) is 11.4. The molecule has 0 radical (unpaired) electrons. The van der Waals surface area contributed by atoms with Gasteiger partial charge in [0.15, 0.2) is 6.61 Å². The number of rotatable bonds is 4. The van der Waals surface area contributed by atoms with Crippen molar-refractivity contribution in [2.45, 2.75) is 6.92 Å². The Kier molecular flexibility index (Phi) is 6.48. The molecule has 2 amide bonds. The average molecular weight is 432 g/mol. The summed E-state index contributed by atoms with van der Waals surface area (Å²) in [6.45, 7) is 1.68. The van der Waals surface area contributed by atoms with Crippen molar-refractivity contribution < 1.29 is 14.3 Å². The second-order valence-electron chi connectivity index (χ2n) is 4.83. The van der Waals surface area contributed by atoms with Gasteiger partial charge in [0.1, 0.15) is 5.75 Å². The third-order valence-corrected chi connectivity index (χ3v) is 4.63. The second kappa shape index (κ2) is 8.37. The highest BCUT2D eigenvalue weighted by molar-refractivity contribution is 9.10. The van der Waals surface area contributed by atoms with Crippen LogP contribution in [0.2, 0.25) is 10.0 Å². The first-order valence-electron chi connectivity index (χ1n) is 6.80. The first kappa shape index (κ1) is 18.6. The minimum Gasteiger partial charge on any atom is -0.484 e. The van der Waals surface area contributed by atoms with Crippen molar-refractivity contribution in [3.05, 3.63) is 62.0 Å². The van der Waals surface area contributed by atoms with Gasteiger partial charge in [0.05, 0.1) is 10.0 Å². The Hall–Kier alpha value is -1.76. The van der Waals surface area contributed by atoms with Crippen LogP contribution in [0.25, 0.3) is 0 Å². The van der Waals surface area contributed by atoms with Gasteiger partial charge in [0, 0.05) is 10.0 Å². The number of carbonyl (C=O) groups excluding carboxylic acids is 2. The van der Waals surface area contributed by atoms with Gasteiger partial charge >= 0.3 is 0 Å². The van der Waals surface area contributed by atoms with E-state index in [2.05, 4.69) is 26.8 Å². The maximum Gasteiger partial charge on any atom is 0.276 e. The van der Waals surface area contributed by atoms with Crippen molar-refractivity contribution in [2.24, 2.45) is 0 Å². The maximum atomic E-state index is 11.9. The highest BCUT2D eigenvalue weighted by Crippen LogP contribution is 2.22. The number of nitrogens with one attached hydrogen (secondary N) is 2. The molecule has 0 bridgehead atoms. The molecule has 24 heavy (non-hydrogen) atoms. The van der Waals surface area contributed by atoms with Crippen LogP contribution in [0.15, 0.2) is 40.9 Å². The van der Waals surface area contributed by atoms with Crippen LogP contribution in [0, 0.1) is 6.92 Å². The first-order valence-corrected chi connectivity index (χ1v) is 8.35. The zero-order valence-corrected chi connectivity index (χ0v) is 15.6. The summed E-state index contributed by atoms with van der Waals surface area (Å²) in [6.07, 6.45) is 0. The molecule has 0 atom stereocenters.